The van der Waals surface area contributed by atoms with Gasteiger partial charge in [-0.3, -0.25) is 9.36 Å². The first-order valence-corrected chi connectivity index (χ1v) is 7.83. The highest BCUT2D eigenvalue weighted by Gasteiger charge is 2.08. The van der Waals surface area contributed by atoms with Crippen LogP contribution in [0.2, 0.25) is 0 Å². The Kier molecular flexibility index (Phi) is 4.61. The molecule has 2 heterocycles. The molecule has 1 N–H and O–H groups in total. The predicted octanol–water partition coefficient (Wildman–Crippen LogP) is 2.71. The molecule has 124 valence electrons. The van der Waals surface area contributed by atoms with Crippen molar-refractivity contribution in [1.29, 1.82) is 0 Å². The van der Waals surface area contributed by atoms with Crippen LogP contribution < -0.4 is 15.0 Å². The third-order valence-electron chi connectivity index (χ3n) is 3.83. The number of nitrogens with one attached hydrogen (secondary N) is 1. The second-order valence-corrected chi connectivity index (χ2v) is 5.61. The van der Waals surface area contributed by atoms with Crippen LogP contribution in [0.1, 0.15) is 5.56 Å². The van der Waals surface area contributed by atoms with Gasteiger partial charge in [-0.05, 0) is 48.5 Å². The van der Waals surface area contributed by atoms with E-state index in [0.29, 0.717) is 40.3 Å². The molecule has 24 heavy (non-hydrogen) atoms. The number of pyridine rings is 1. The van der Waals surface area contributed by atoms with Gasteiger partial charge in [-0.15, -0.1) is 0 Å². The van der Waals surface area contributed by atoms with Gasteiger partial charge in [0.15, 0.2) is 16.3 Å². The zero-order chi connectivity index (χ0) is 17.1. The Hall–Kier alpha value is -2.67. The molecule has 3 aromatic rings. The van der Waals surface area contributed by atoms with Gasteiger partial charge in [0.2, 0.25) is 0 Å². The first-order valence-electron chi connectivity index (χ1n) is 7.43. The summed E-state index contributed by atoms with van der Waals surface area (Å²) in [7, 11) is 3.19. The fourth-order valence-electron chi connectivity index (χ4n) is 2.56. The quantitative estimate of drug-likeness (QED) is 0.722. The Morgan fingerprint density at radius 3 is 2.75 bits per heavy atom. The van der Waals surface area contributed by atoms with Crippen LogP contribution in [-0.4, -0.2) is 28.8 Å². The molecule has 0 fully saturated rings. The van der Waals surface area contributed by atoms with E-state index in [4.69, 9.17) is 21.7 Å². The van der Waals surface area contributed by atoms with Crippen LogP contribution in [0, 0.1) is 4.77 Å². The number of fused-ring (bicyclic) bond motifs is 1. The highest BCUT2D eigenvalue weighted by Crippen LogP contribution is 2.27. The number of nitrogens with zero attached hydrogens (tertiary/aromatic N) is 2. The van der Waals surface area contributed by atoms with E-state index in [0.717, 1.165) is 5.56 Å². The topological polar surface area (TPSA) is 69.1 Å². The third-order valence-corrected chi connectivity index (χ3v) is 4.15. The van der Waals surface area contributed by atoms with E-state index in [-0.39, 0.29) is 5.56 Å². The minimum atomic E-state index is -0.137. The van der Waals surface area contributed by atoms with Gasteiger partial charge in [0, 0.05) is 12.7 Å². The standard InChI is InChI=1S/C17H17N3O3S/c1-22-13-6-5-11(10-14(13)23-2)7-9-20-16(21)12-4-3-8-18-15(12)19-17(20)24/h3-6,8,10H,7,9H2,1-2H3,(H,18,19,24). The maximum atomic E-state index is 12.6. The second-order valence-electron chi connectivity index (χ2n) is 5.23. The molecule has 0 radical (unpaired) electrons. The normalized spacial score (nSPS) is 10.8. The predicted molar refractivity (Wildman–Crippen MR) is 94.4 cm³/mol. The lowest BCUT2D eigenvalue weighted by atomic mass is 10.1. The molecular weight excluding hydrogens is 326 g/mol. The monoisotopic (exact) mass is 343 g/mol. The van der Waals surface area contributed by atoms with Gasteiger partial charge in [0.05, 0.1) is 19.6 Å². The summed E-state index contributed by atoms with van der Waals surface area (Å²) in [6.07, 6.45) is 2.27. The lowest BCUT2D eigenvalue weighted by Crippen LogP contribution is -2.23. The van der Waals surface area contributed by atoms with Gasteiger partial charge < -0.3 is 14.5 Å². The van der Waals surface area contributed by atoms with Gasteiger partial charge in [0.25, 0.3) is 5.56 Å². The summed E-state index contributed by atoms with van der Waals surface area (Å²) in [4.78, 5) is 19.7. The van der Waals surface area contributed by atoms with Crippen molar-refractivity contribution in [1.82, 2.24) is 14.5 Å². The summed E-state index contributed by atoms with van der Waals surface area (Å²) in [5, 5.41) is 0.526. The summed E-state index contributed by atoms with van der Waals surface area (Å²) >= 11 is 5.29. The van der Waals surface area contributed by atoms with Crippen molar-refractivity contribution in [2.45, 2.75) is 13.0 Å². The molecule has 0 aliphatic carbocycles. The molecule has 1 aromatic carbocycles. The van der Waals surface area contributed by atoms with Crippen LogP contribution in [0.3, 0.4) is 0 Å². The smallest absolute Gasteiger partial charge is 0.263 e. The maximum Gasteiger partial charge on any atom is 0.263 e. The molecule has 7 heteroatoms. The molecule has 0 aliphatic heterocycles. The molecule has 0 unspecified atom stereocenters. The van der Waals surface area contributed by atoms with E-state index in [1.165, 1.54) is 0 Å². The van der Waals surface area contributed by atoms with Gasteiger partial charge >= 0.3 is 0 Å². The average Bonchev–Trinajstić information content (AvgIpc) is 2.61. The Labute approximate surface area is 143 Å². The summed E-state index contributed by atoms with van der Waals surface area (Å²) in [6, 6.07) is 9.17. The number of hydrogen-bond donors (Lipinski definition) is 1. The van der Waals surface area contributed by atoms with Crippen LogP contribution in [0.4, 0.5) is 0 Å². The molecule has 0 amide bonds. The number of benzene rings is 1. The van der Waals surface area contributed by atoms with E-state index < -0.39 is 0 Å². The molecule has 0 atom stereocenters. The second kappa shape index (κ2) is 6.84. The van der Waals surface area contributed by atoms with E-state index in [9.17, 15) is 4.79 Å². The zero-order valence-corrected chi connectivity index (χ0v) is 14.2. The van der Waals surface area contributed by atoms with Crippen LogP contribution in [0.5, 0.6) is 11.5 Å². The summed E-state index contributed by atoms with van der Waals surface area (Å²) < 4.78 is 12.5. The number of rotatable bonds is 5. The van der Waals surface area contributed by atoms with Crippen LogP contribution in [0.25, 0.3) is 11.0 Å². The maximum absolute atomic E-state index is 12.6. The average molecular weight is 343 g/mol. The van der Waals surface area contributed by atoms with Gasteiger partial charge in [-0.25, -0.2) is 4.98 Å². The van der Waals surface area contributed by atoms with E-state index in [1.54, 1.807) is 37.1 Å². The number of aromatic nitrogens is 3. The molecule has 2 aromatic heterocycles. The van der Waals surface area contributed by atoms with Crippen molar-refractivity contribution in [2.75, 3.05) is 14.2 Å². The third kappa shape index (κ3) is 3.03. The molecule has 0 saturated carbocycles. The number of ether oxygens (including phenoxy) is 2. The fraction of sp³-hybridized carbons (Fsp3) is 0.235. The first kappa shape index (κ1) is 16.2. The minimum absolute atomic E-state index is 0.137. The summed E-state index contributed by atoms with van der Waals surface area (Å²) in [5.41, 5.74) is 1.40. The fourth-order valence-corrected chi connectivity index (χ4v) is 2.83. The number of aromatic amines is 1. The molecule has 0 saturated heterocycles. The van der Waals surface area contributed by atoms with Crippen molar-refractivity contribution in [3.05, 3.63) is 57.2 Å². The minimum Gasteiger partial charge on any atom is -0.493 e. The molecule has 0 aliphatic rings. The van der Waals surface area contributed by atoms with E-state index in [1.807, 2.05) is 18.2 Å². The van der Waals surface area contributed by atoms with E-state index >= 15 is 0 Å². The highest BCUT2D eigenvalue weighted by atomic mass is 32.1. The van der Waals surface area contributed by atoms with Crippen LogP contribution in [-0.2, 0) is 13.0 Å². The van der Waals surface area contributed by atoms with Crippen molar-refractivity contribution in [2.24, 2.45) is 0 Å². The Balaban J connectivity index is 1.91. The lowest BCUT2D eigenvalue weighted by molar-refractivity contribution is 0.354. The van der Waals surface area contributed by atoms with Gasteiger partial charge in [-0.1, -0.05) is 6.07 Å². The van der Waals surface area contributed by atoms with Gasteiger partial charge in [0.1, 0.15) is 5.65 Å². The SMILES string of the molecule is COc1ccc(CCn2c(=S)[nH]c3ncccc3c2=O)cc1OC. The lowest BCUT2D eigenvalue weighted by Gasteiger charge is -2.11. The Morgan fingerprint density at radius 2 is 2.00 bits per heavy atom. The molecule has 0 spiro atoms. The number of methoxy groups -OCH3 is 2. The van der Waals surface area contributed by atoms with Gasteiger partial charge in [-0.2, -0.15) is 0 Å². The zero-order valence-electron chi connectivity index (χ0n) is 13.4. The largest absolute Gasteiger partial charge is 0.493 e. The van der Waals surface area contributed by atoms with Crippen molar-refractivity contribution in [3.8, 4) is 11.5 Å². The molecule has 6 nitrogen and oxygen atoms in total. The molecule has 0 bridgehead atoms. The van der Waals surface area contributed by atoms with Crippen molar-refractivity contribution < 1.29 is 9.47 Å². The summed E-state index contributed by atoms with van der Waals surface area (Å²) in [5.74, 6) is 1.34. The number of H-pyrrole nitrogens is 1. The first-order chi connectivity index (χ1) is 11.6. The highest BCUT2D eigenvalue weighted by molar-refractivity contribution is 7.71. The van der Waals surface area contributed by atoms with Crippen molar-refractivity contribution >= 4 is 23.3 Å². The Morgan fingerprint density at radius 1 is 1.21 bits per heavy atom. The van der Waals surface area contributed by atoms with E-state index in [2.05, 4.69) is 9.97 Å². The van der Waals surface area contributed by atoms with Crippen LogP contribution in [0.15, 0.2) is 41.3 Å². The van der Waals surface area contributed by atoms with Crippen molar-refractivity contribution in [3.63, 3.8) is 0 Å². The molecular formula is C17H17N3O3S. The number of hydrogen-bond acceptors (Lipinski definition) is 5. The summed E-state index contributed by atoms with van der Waals surface area (Å²) in [6.45, 7) is 0.467. The van der Waals surface area contributed by atoms with Crippen LogP contribution >= 0.6 is 12.2 Å². The Bertz CT molecular complexity index is 994. The molecule has 3 rings (SSSR count). The number of aryl methyl sites for hydroxylation is 1.